The molecule has 16 heavy (non-hydrogen) atoms. The highest BCUT2D eigenvalue weighted by molar-refractivity contribution is 7.99. The Hall–Kier alpha value is -1.93. The van der Waals surface area contributed by atoms with Gasteiger partial charge in [-0.2, -0.15) is 10.4 Å². The van der Waals surface area contributed by atoms with Gasteiger partial charge in [0, 0.05) is 17.3 Å². The topological polar surface area (TPSA) is 62.5 Å². The first-order valence-electron chi connectivity index (χ1n) is 4.62. The Labute approximate surface area is 97.4 Å². The highest BCUT2D eigenvalue weighted by atomic mass is 32.2. The fraction of sp³-hybridized carbons (Fsp3) is 0.0909. The molecule has 2 rings (SSSR count). The van der Waals surface area contributed by atoms with Crippen LogP contribution < -0.4 is 0 Å². The van der Waals surface area contributed by atoms with Crippen molar-refractivity contribution in [1.82, 2.24) is 15.2 Å². The predicted molar refractivity (Wildman–Crippen MR) is 59.8 cm³/mol. The van der Waals surface area contributed by atoms with Gasteiger partial charge in [0.1, 0.15) is 11.1 Å². The smallest absolute Gasteiger partial charge is 0.124 e. The lowest BCUT2D eigenvalue weighted by molar-refractivity contribution is 0.895. The van der Waals surface area contributed by atoms with E-state index in [1.165, 1.54) is 11.8 Å². The minimum atomic E-state index is 0.599. The van der Waals surface area contributed by atoms with E-state index in [2.05, 4.69) is 21.3 Å². The van der Waals surface area contributed by atoms with Crippen molar-refractivity contribution in [2.24, 2.45) is 0 Å². The quantitative estimate of drug-likeness (QED) is 0.788. The number of hydrogen-bond acceptors (Lipinski definition) is 5. The fourth-order valence-corrected chi connectivity index (χ4v) is 1.89. The molecule has 0 atom stereocenters. The van der Waals surface area contributed by atoms with Crippen LogP contribution in [0.1, 0.15) is 11.3 Å². The van der Waals surface area contributed by atoms with Gasteiger partial charge >= 0.3 is 0 Å². The summed E-state index contributed by atoms with van der Waals surface area (Å²) in [5.41, 5.74) is 1.47. The highest BCUT2D eigenvalue weighted by Gasteiger charge is 2.04. The lowest BCUT2D eigenvalue weighted by Crippen LogP contribution is -1.89. The summed E-state index contributed by atoms with van der Waals surface area (Å²) in [6.45, 7) is 1.88. The van der Waals surface area contributed by atoms with Crippen molar-refractivity contribution >= 4 is 11.8 Å². The molecular weight excluding hydrogens is 220 g/mol. The maximum absolute atomic E-state index is 8.91. The van der Waals surface area contributed by atoms with Gasteiger partial charge in [-0.15, -0.1) is 5.10 Å². The standard InChI is InChI=1S/C11H8N4S/c1-8-2-3-11(15-14-8)16-10-7-13-5-4-9(10)6-12/h2-5,7H,1H3. The van der Waals surface area contributed by atoms with E-state index in [9.17, 15) is 0 Å². The molecule has 0 N–H and O–H groups in total. The molecule has 0 spiro atoms. The number of hydrogen-bond donors (Lipinski definition) is 0. The molecule has 0 saturated heterocycles. The number of nitriles is 1. The SMILES string of the molecule is Cc1ccc(Sc2cnccc2C#N)nn1. The van der Waals surface area contributed by atoms with E-state index in [-0.39, 0.29) is 0 Å². The predicted octanol–water partition coefficient (Wildman–Crippen LogP) is 2.20. The molecule has 2 aromatic heterocycles. The van der Waals surface area contributed by atoms with Gasteiger partial charge in [0.2, 0.25) is 0 Å². The molecule has 0 aliphatic rings. The van der Waals surface area contributed by atoms with E-state index in [4.69, 9.17) is 5.26 Å². The van der Waals surface area contributed by atoms with E-state index in [0.717, 1.165) is 15.6 Å². The summed E-state index contributed by atoms with van der Waals surface area (Å²) in [6, 6.07) is 7.57. The highest BCUT2D eigenvalue weighted by Crippen LogP contribution is 2.27. The summed E-state index contributed by atoms with van der Waals surface area (Å²) >= 11 is 1.39. The van der Waals surface area contributed by atoms with Crippen LogP contribution in [0.15, 0.2) is 40.5 Å². The van der Waals surface area contributed by atoms with Crippen molar-refractivity contribution in [3.63, 3.8) is 0 Å². The molecule has 0 radical (unpaired) electrons. The van der Waals surface area contributed by atoms with Crippen LogP contribution in [0.3, 0.4) is 0 Å². The number of aryl methyl sites for hydroxylation is 1. The Morgan fingerprint density at radius 1 is 1.25 bits per heavy atom. The number of nitrogens with zero attached hydrogens (tertiary/aromatic N) is 4. The van der Waals surface area contributed by atoms with E-state index in [1.54, 1.807) is 18.5 Å². The molecule has 0 aromatic carbocycles. The summed E-state index contributed by atoms with van der Waals surface area (Å²) in [6.07, 6.45) is 3.26. The Kier molecular flexibility index (Phi) is 3.13. The third-order valence-corrected chi connectivity index (χ3v) is 2.87. The van der Waals surface area contributed by atoms with Crippen LogP contribution in [0.5, 0.6) is 0 Å². The molecule has 2 aromatic rings. The largest absolute Gasteiger partial charge is 0.263 e. The normalized spacial score (nSPS) is 9.75. The average Bonchev–Trinajstić information content (AvgIpc) is 2.33. The van der Waals surface area contributed by atoms with E-state index in [1.807, 2.05) is 19.1 Å². The Morgan fingerprint density at radius 3 is 2.81 bits per heavy atom. The summed E-state index contributed by atoms with van der Waals surface area (Å²) in [7, 11) is 0. The minimum Gasteiger partial charge on any atom is -0.263 e. The van der Waals surface area contributed by atoms with Crippen LogP contribution in [-0.4, -0.2) is 15.2 Å². The molecule has 0 unspecified atom stereocenters. The first-order chi connectivity index (χ1) is 7.79. The Balaban J connectivity index is 2.27. The van der Waals surface area contributed by atoms with Crippen molar-refractivity contribution in [2.75, 3.05) is 0 Å². The molecular formula is C11H8N4S. The van der Waals surface area contributed by atoms with Gasteiger partial charge in [0.05, 0.1) is 11.3 Å². The zero-order chi connectivity index (χ0) is 11.4. The monoisotopic (exact) mass is 228 g/mol. The molecule has 0 aliphatic heterocycles. The molecule has 0 bridgehead atoms. The van der Waals surface area contributed by atoms with Crippen LogP contribution in [0.25, 0.3) is 0 Å². The van der Waals surface area contributed by atoms with Gasteiger partial charge in [0.25, 0.3) is 0 Å². The van der Waals surface area contributed by atoms with Gasteiger partial charge in [-0.3, -0.25) is 4.98 Å². The number of pyridine rings is 1. The minimum absolute atomic E-state index is 0.599. The van der Waals surface area contributed by atoms with Crippen molar-refractivity contribution in [1.29, 1.82) is 5.26 Å². The summed E-state index contributed by atoms with van der Waals surface area (Å²) in [5.74, 6) is 0. The van der Waals surface area contributed by atoms with Gasteiger partial charge in [-0.1, -0.05) is 11.8 Å². The Morgan fingerprint density at radius 2 is 2.12 bits per heavy atom. The van der Waals surface area contributed by atoms with E-state index < -0.39 is 0 Å². The van der Waals surface area contributed by atoms with Crippen molar-refractivity contribution in [3.8, 4) is 6.07 Å². The van der Waals surface area contributed by atoms with Crippen molar-refractivity contribution in [3.05, 3.63) is 41.9 Å². The zero-order valence-corrected chi connectivity index (χ0v) is 9.40. The maximum Gasteiger partial charge on any atom is 0.124 e. The number of aromatic nitrogens is 3. The summed E-state index contributed by atoms with van der Waals surface area (Å²) in [5, 5.41) is 17.7. The van der Waals surface area contributed by atoms with E-state index >= 15 is 0 Å². The fourth-order valence-electron chi connectivity index (χ4n) is 1.11. The van der Waals surface area contributed by atoms with Crippen LogP contribution in [0, 0.1) is 18.3 Å². The molecule has 78 valence electrons. The first-order valence-corrected chi connectivity index (χ1v) is 5.43. The molecule has 5 heteroatoms. The van der Waals surface area contributed by atoms with Crippen LogP contribution >= 0.6 is 11.8 Å². The van der Waals surface area contributed by atoms with Gasteiger partial charge in [0.15, 0.2) is 0 Å². The van der Waals surface area contributed by atoms with Gasteiger partial charge in [-0.25, -0.2) is 0 Å². The molecule has 0 aliphatic carbocycles. The van der Waals surface area contributed by atoms with E-state index in [0.29, 0.717) is 5.56 Å². The molecule has 0 saturated carbocycles. The molecule has 0 amide bonds. The third kappa shape index (κ3) is 2.35. The molecule has 2 heterocycles. The third-order valence-electron chi connectivity index (χ3n) is 1.89. The lowest BCUT2D eigenvalue weighted by atomic mass is 10.3. The second-order valence-corrected chi connectivity index (χ2v) is 4.16. The second kappa shape index (κ2) is 4.73. The van der Waals surface area contributed by atoms with Gasteiger partial charge < -0.3 is 0 Å². The molecule has 4 nitrogen and oxygen atoms in total. The van der Waals surface area contributed by atoms with Crippen LogP contribution in [0.4, 0.5) is 0 Å². The van der Waals surface area contributed by atoms with Gasteiger partial charge in [-0.05, 0) is 25.1 Å². The molecule has 0 fully saturated rings. The van der Waals surface area contributed by atoms with Crippen molar-refractivity contribution < 1.29 is 0 Å². The second-order valence-electron chi connectivity index (χ2n) is 3.10. The van der Waals surface area contributed by atoms with Crippen LogP contribution in [0.2, 0.25) is 0 Å². The Bertz CT molecular complexity index is 530. The zero-order valence-electron chi connectivity index (χ0n) is 8.58. The summed E-state index contributed by atoms with van der Waals surface area (Å²) < 4.78 is 0. The average molecular weight is 228 g/mol. The van der Waals surface area contributed by atoms with Crippen molar-refractivity contribution in [2.45, 2.75) is 16.8 Å². The van der Waals surface area contributed by atoms with Crippen LogP contribution in [-0.2, 0) is 0 Å². The first kappa shape index (κ1) is 10.6. The maximum atomic E-state index is 8.91. The number of rotatable bonds is 2. The summed E-state index contributed by atoms with van der Waals surface area (Å²) in [4.78, 5) is 4.78. The lowest BCUT2D eigenvalue weighted by Gasteiger charge is -2.01.